The summed E-state index contributed by atoms with van der Waals surface area (Å²) in [6.07, 6.45) is 0.552. The molecule has 0 aromatic heterocycles. The summed E-state index contributed by atoms with van der Waals surface area (Å²) in [6.45, 7) is 1.87. The number of nitrogens with zero attached hydrogens (tertiary/aromatic N) is 1. The third kappa shape index (κ3) is 2.17. The number of hydrogen-bond donors (Lipinski definition) is 1. The van der Waals surface area contributed by atoms with Gasteiger partial charge in [0, 0.05) is 13.1 Å². The molecule has 0 aliphatic carbocycles. The largest absolute Gasteiger partial charge is 0.493 e. The number of rotatable bonds is 3. The molecular formula is C14H18N2O4. The van der Waals surface area contributed by atoms with Crippen LogP contribution in [0.3, 0.4) is 0 Å². The molecule has 1 N–H and O–H groups in total. The van der Waals surface area contributed by atoms with Crippen molar-refractivity contribution in [3.8, 4) is 11.5 Å². The van der Waals surface area contributed by atoms with Gasteiger partial charge in [0.05, 0.1) is 25.5 Å². The second-order valence-corrected chi connectivity index (χ2v) is 4.58. The molecule has 108 valence electrons. The second-order valence-electron chi connectivity index (χ2n) is 4.58. The highest BCUT2D eigenvalue weighted by Gasteiger charge is 2.32. The molecule has 1 aliphatic rings. The van der Waals surface area contributed by atoms with Crippen LogP contribution in [-0.4, -0.2) is 44.0 Å². The number of ether oxygens (including phenoxy) is 2. The highest BCUT2D eigenvalue weighted by molar-refractivity contribution is 6.10. The first kappa shape index (κ1) is 14.2. The maximum atomic E-state index is 12.5. The third-order valence-corrected chi connectivity index (χ3v) is 3.49. The van der Waals surface area contributed by atoms with Gasteiger partial charge in [-0.05, 0) is 12.5 Å². The molecule has 1 aromatic rings. The Morgan fingerprint density at radius 1 is 1.20 bits per heavy atom. The first-order valence-corrected chi connectivity index (χ1v) is 6.37. The second kappa shape index (κ2) is 5.40. The van der Waals surface area contributed by atoms with Gasteiger partial charge in [-0.25, -0.2) is 0 Å². The van der Waals surface area contributed by atoms with Gasteiger partial charge < -0.3 is 19.7 Å². The normalized spacial score (nSPS) is 18.2. The zero-order valence-electron chi connectivity index (χ0n) is 12.0. The molecule has 1 aromatic carbocycles. The molecule has 1 atom stereocenters. The molecule has 0 saturated carbocycles. The Kier molecular flexibility index (Phi) is 3.83. The zero-order chi connectivity index (χ0) is 14.9. The van der Waals surface area contributed by atoms with E-state index in [0.29, 0.717) is 29.2 Å². The van der Waals surface area contributed by atoms with Crippen LogP contribution in [0.2, 0.25) is 0 Å². The number of benzene rings is 1. The van der Waals surface area contributed by atoms with Crippen LogP contribution in [0.1, 0.15) is 23.7 Å². The fraction of sp³-hybridized carbons (Fsp3) is 0.429. The average molecular weight is 278 g/mol. The molecule has 1 aliphatic heterocycles. The Balaban J connectivity index is 2.57. The Labute approximate surface area is 117 Å². The van der Waals surface area contributed by atoms with E-state index in [1.165, 1.54) is 19.1 Å². The average Bonchev–Trinajstić information content (AvgIpc) is 2.53. The van der Waals surface area contributed by atoms with Gasteiger partial charge in [-0.3, -0.25) is 9.59 Å². The lowest BCUT2D eigenvalue weighted by Gasteiger charge is -2.22. The van der Waals surface area contributed by atoms with Crippen molar-refractivity contribution in [2.75, 3.05) is 26.6 Å². The molecule has 1 unspecified atom stereocenters. The van der Waals surface area contributed by atoms with Crippen LogP contribution < -0.4 is 14.8 Å². The minimum absolute atomic E-state index is 0.200. The molecule has 0 radical (unpaired) electrons. The summed E-state index contributed by atoms with van der Waals surface area (Å²) >= 11 is 0. The van der Waals surface area contributed by atoms with Crippen LogP contribution in [0.15, 0.2) is 12.1 Å². The number of fused-ring (bicyclic) bond motifs is 1. The highest BCUT2D eigenvalue weighted by Crippen LogP contribution is 2.35. The smallest absolute Gasteiger partial charge is 0.256 e. The number of hydrogen-bond acceptors (Lipinski definition) is 4. The van der Waals surface area contributed by atoms with Crippen LogP contribution in [0.25, 0.3) is 0 Å². The van der Waals surface area contributed by atoms with E-state index in [-0.39, 0.29) is 11.8 Å². The molecule has 20 heavy (non-hydrogen) atoms. The summed E-state index contributed by atoms with van der Waals surface area (Å²) in [6, 6.07) is 2.72. The van der Waals surface area contributed by atoms with Gasteiger partial charge in [-0.1, -0.05) is 6.92 Å². The molecule has 0 spiro atoms. The van der Waals surface area contributed by atoms with E-state index in [2.05, 4.69) is 5.32 Å². The van der Waals surface area contributed by atoms with Crippen LogP contribution in [-0.2, 0) is 4.79 Å². The molecule has 0 saturated heterocycles. The number of carbonyl (C=O) groups excluding carboxylic acids is 2. The number of anilines is 1. The predicted molar refractivity (Wildman–Crippen MR) is 74.3 cm³/mol. The monoisotopic (exact) mass is 278 g/mol. The topological polar surface area (TPSA) is 67.9 Å². The van der Waals surface area contributed by atoms with Crippen LogP contribution in [0.5, 0.6) is 11.5 Å². The van der Waals surface area contributed by atoms with Crippen molar-refractivity contribution >= 4 is 17.5 Å². The zero-order valence-corrected chi connectivity index (χ0v) is 12.0. The molecule has 1 heterocycles. The van der Waals surface area contributed by atoms with Crippen LogP contribution in [0.4, 0.5) is 5.69 Å². The standard InChI is InChI=1S/C14H18N2O4/c1-5-10-13(17)15-9-7-12(20-4)11(19-3)6-8(9)14(18)16(10)2/h6-7,10H,5H2,1-4H3,(H,15,17). The molecule has 2 amide bonds. The van der Waals surface area contributed by atoms with Gasteiger partial charge in [0.15, 0.2) is 11.5 Å². The highest BCUT2D eigenvalue weighted by atomic mass is 16.5. The molecule has 6 nitrogen and oxygen atoms in total. The maximum Gasteiger partial charge on any atom is 0.256 e. The van der Waals surface area contributed by atoms with E-state index in [1.54, 1.807) is 19.2 Å². The summed E-state index contributed by atoms with van der Waals surface area (Å²) in [5.41, 5.74) is 0.843. The minimum Gasteiger partial charge on any atom is -0.493 e. The van der Waals surface area contributed by atoms with E-state index in [0.717, 1.165) is 0 Å². The van der Waals surface area contributed by atoms with Gasteiger partial charge in [0.2, 0.25) is 5.91 Å². The number of amides is 2. The molecule has 0 bridgehead atoms. The number of methoxy groups -OCH3 is 2. The quantitative estimate of drug-likeness (QED) is 0.910. The lowest BCUT2D eigenvalue weighted by Crippen LogP contribution is -2.42. The molecule has 2 rings (SSSR count). The van der Waals surface area contributed by atoms with E-state index in [4.69, 9.17) is 9.47 Å². The van der Waals surface area contributed by atoms with E-state index in [1.807, 2.05) is 6.92 Å². The summed E-state index contributed by atoms with van der Waals surface area (Å²) in [4.78, 5) is 26.0. The first-order chi connectivity index (χ1) is 9.53. The SMILES string of the molecule is CCC1C(=O)Nc2cc(OC)c(OC)cc2C(=O)N1C. The minimum atomic E-state index is -0.480. The van der Waals surface area contributed by atoms with Crippen molar-refractivity contribution in [3.63, 3.8) is 0 Å². The Morgan fingerprint density at radius 3 is 2.35 bits per heavy atom. The van der Waals surface area contributed by atoms with E-state index in [9.17, 15) is 9.59 Å². The van der Waals surface area contributed by atoms with Gasteiger partial charge in [-0.2, -0.15) is 0 Å². The Hall–Kier alpha value is -2.24. The fourth-order valence-corrected chi connectivity index (χ4v) is 2.34. The molecule has 6 heteroatoms. The van der Waals surface area contributed by atoms with Crippen molar-refractivity contribution < 1.29 is 19.1 Å². The lowest BCUT2D eigenvalue weighted by atomic mass is 10.1. The van der Waals surface area contributed by atoms with Crippen molar-refractivity contribution in [2.45, 2.75) is 19.4 Å². The number of nitrogens with one attached hydrogen (secondary N) is 1. The van der Waals surface area contributed by atoms with Gasteiger partial charge in [-0.15, -0.1) is 0 Å². The first-order valence-electron chi connectivity index (χ1n) is 6.37. The Bertz CT molecular complexity index is 556. The molecular weight excluding hydrogens is 260 g/mol. The Morgan fingerprint density at radius 2 is 1.80 bits per heavy atom. The lowest BCUT2D eigenvalue weighted by molar-refractivity contribution is -0.120. The summed E-state index contributed by atoms with van der Waals surface area (Å²) < 4.78 is 10.4. The number of likely N-dealkylation sites (N-methyl/N-ethyl adjacent to an activating group) is 1. The van der Waals surface area contributed by atoms with Crippen molar-refractivity contribution in [3.05, 3.63) is 17.7 Å². The number of carbonyl (C=O) groups is 2. The van der Waals surface area contributed by atoms with Gasteiger partial charge in [0.25, 0.3) is 5.91 Å². The fourth-order valence-electron chi connectivity index (χ4n) is 2.34. The maximum absolute atomic E-state index is 12.5. The van der Waals surface area contributed by atoms with Crippen molar-refractivity contribution in [1.82, 2.24) is 4.90 Å². The van der Waals surface area contributed by atoms with Crippen molar-refractivity contribution in [2.24, 2.45) is 0 Å². The van der Waals surface area contributed by atoms with Gasteiger partial charge >= 0.3 is 0 Å². The third-order valence-electron chi connectivity index (χ3n) is 3.49. The van der Waals surface area contributed by atoms with Crippen LogP contribution in [0, 0.1) is 0 Å². The summed E-state index contributed by atoms with van der Waals surface area (Å²) in [5, 5.41) is 2.77. The molecule has 0 fully saturated rings. The summed E-state index contributed by atoms with van der Waals surface area (Å²) in [5.74, 6) is 0.509. The van der Waals surface area contributed by atoms with E-state index >= 15 is 0 Å². The van der Waals surface area contributed by atoms with Gasteiger partial charge in [0.1, 0.15) is 6.04 Å². The van der Waals surface area contributed by atoms with Crippen LogP contribution >= 0.6 is 0 Å². The predicted octanol–water partition coefficient (Wildman–Crippen LogP) is 1.51. The van der Waals surface area contributed by atoms with E-state index < -0.39 is 6.04 Å². The summed E-state index contributed by atoms with van der Waals surface area (Å²) in [7, 11) is 4.63. The van der Waals surface area contributed by atoms with Crippen molar-refractivity contribution in [1.29, 1.82) is 0 Å².